The topological polar surface area (TPSA) is 84.5 Å². The second kappa shape index (κ2) is 11.0. The molecule has 2 aromatic carbocycles. The van der Waals surface area contributed by atoms with Gasteiger partial charge in [0.1, 0.15) is 10.6 Å². The number of benzene rings is 2. The normalized spacial score (nSPS) is 11.1. The zero-order chi connectivity index (χ0) is 22.1. The number of carbonyl (C=O) groups excluding carboxylic acids is 1. The van der Waals surface area contributed by atoms with Crippen LogP contribution in [0.5, 0.6) is 5.75 Å². The molecule has 0 spiro atoms. The number of ether oxygens (including phenoxy) is 1. The van der Waals surface area contributed by atoms with Gasteiger partial charge in [-0.05, 0) is 54.3 Å². The fourth-order valence-electron chi connectivity index (χ4n) is 2.91. The fourth-order valence-corrected chi connectivity index (χ4v) is 4.81. The molecule has 1 aromatic heterocycles. The van der Waals surface area contributed by atoms with Gasteiger partial charge >= 0.3 is 0 Å². The third kappa shape index (κ3) is 6.57. The van der Waals surface area contributed by atoms with Crippen molar-refractivity contribution >= 4 is 38.6 Å². The Bertz CT molecular complexity index is 1080. The number of hydrogen-bond donors (Lipinski definition) is 2. The van der Waals surface area contributed by atoms with Crippen LogP contribution in [-0.4, -0.2) is 20.9 Å². The SMILES string of the molecule is CCCCCCOc1ccc(NC(=O)c2sccc2NS(=O)(=O)c2ccccc2)cc1. The van der Waals surface area contributed by atoms with Gasteiger partial charge in [0, 0.05) is 5.69 Å². The summed E-state index contributed by atoms with van der Waals surface area (Å²) in [5.74, 6) is 0.371. The zero-order valence-corrected chi connectivity index (χ0v) is 19.0. The lowest BCUT2D eigenvalue weighted by molar-refractivity contribution is 0.103. The molecule has 0 aliphatic heterocycles. The van der Waals surface area contributed by atoms with Crippen molar-refractivity contribution in [3.8, 4) is 5.75 Å². The van der Waals surface area contributed by atoms with Gasteiger partial charge < -0.3 is 10.1 Å². The minimum atomic E-state index is -3.77. The predicted octanol–water partition coefficient (Wildman–Crippen LogP) is 5.76. The maximum Gasteiger partial charge on any atom is 0.267 e. The maximum absolute atomic E-state index is 12.7. The Hall–Kier alpha value is -2.84. The van der Waals surface area contributed by atoms with Crippen molar-refractivity contribution in [1.82, 2.24) is 0 Å². The average molecular weight is 459 g/mol. The van der Waals surface area contributed by atoms with Crippen molar-refractivity contribution < 1.29 is 17.9 Å². The summed E-state index contributed by atoms with van der Waals surface area (Å²) in [6.45, 7) is 2.84. The highest BCUT2D eigenvalue weighted by Crippen LogP contribution is 2.27. The highest BCUT2D eigenvalue weighted by Gasteiger charge is 2.20. The molecule has 2 N–H and O–H groups in total. The van der Waals surface area contributed by atoms with Crippen LogP contribution in [0.1, 0.15) is 42.3 Å². The summed E-state index contributed by atoms with van der Waals surface area (Å²) >= 11 is 1.17. The molecule has 0 saturated carbocycles. The van der Waals surface area contributed by atoms with Gasteiger partial charge in [0.05, 0.1) is 17.2 Å². The van der Waals surface area contributed by atoms with Crippen LogP contribution in [0.25, 0.3) is 0 Å². The van der Waals surface area contributed by atoms with Crippen LogP contribution in [0.2, 0.25) is 0 Å². The number of nitrogens with one attached hydrogen (secondary N) is 2. The first-order valence-electron chi connectivity index (χ1n) is 10.2. The molecular weight excluding hydrogens is 432 g/mol. The summed E-state index contributed by atoms with van der Waals surface area (Å²) in [6, 6.07) is 16.8. The number of thiophene rings is 1. The Labute approximate surface area is 187 Å². The molecule has 3 rings (SSSR count). The van der Waals surface area contributed by atoms with Crippen LogP contribution in [0.4, 0.5) is 11.4 Å². The van der Waals surface area contributed by atoms with E-state index in [1.54, 1.807) is 41.8 Å². The molecule has 8 heteroatoms. The molecule has 0 aliphatic carbocycles. The number of anilines is 2. The largest absolute Gasteiger partial charge is 0.494 e. The van der Waals surface area contributed by atoms with E-state index >= 15 is 0 Å². The van der Waals surface area contributed by atoms with E-state index in [4.69, 9.17) is 4.74 Å². The van der Waals surface area contributed by atoms with Crippen LogP contribution < -0.4 is 14.8 Å². The van der Waals surface area contributed by atoms with E-state index in [-0.39, 0.29) is 21.4 Å². The number of amides is 1. The van der Waals surface area contributed by atoms with Crippen LogP contribution in [0.3, 0.4) is 0 Å². The lowest BCUT2D eigenvalue weighted by atomic mass is 10.2. The Kier molecular flexibility index (Phi) is 8.08. The summed E-state index contributed by atoms with van der Waals surface area (Å²) in [4.78, 5) is 13.1. The monoisotopic (exact) mass is 458 g/mol. The molecule has 1 heterocycles. The van der Waals surface area contributed by atoms with Crippen molar-refractivity contribution in [3.05, 3.63) is 70.9 Å². The third-order valence-electron chi connectivity index (χ3n) is 4.55. The van der Waals surface area contributed by atoms with E-state index in [9.17, 15) is 13.2 Å². The van der Waals surface area contributed by atoms with Gasteiger partial charge in [-0.2, -0.15) is 0 Å². The molecule has 0 saturated heterocycles. The van der Waals surface area contributed by atoms with E-state index in [0.29, 0.717) is 12.3 Å². The first kappa shape index (κ1) is 22.8. The first-order chi connectivity index (χ1) is 15.0. The Morgan fingerprint density at radius 2 is 1.71 bits per heavy atom. The Morgan fingerprint density at radius 1 is 0.968 bits per heavy atom. The zero-order valence-electron chi connectivity index (χ0n) is 17.3. The summed E-state index contributed by atoms with van der Waals surface area (Å²) in [7, 11) is -3.77. The molecule has 0 aliphatic rings. The molecule has 164 valence electrons. The lowest BCUT2D eigenvalue weighted by Crippen LogP contribution is -2.17. The van der Waals surface area contributed by atoms with Gasteiger partial charge in [-0.25, -0.2) is 8.42 Å². The van der Waals surface area contributed by atoms with Gasteiger partial charge in [-0.1, -0.05) is 44.4 Å². The van der Waals surface area contributed by atoms with E-state index < -0.39 is 10.0 Å². The van der Waals surface area contributed by atoms with Crippen molar-refractivity contribution in [2.24, 2.45) is 0 Å². The van der Waals surface area contributed by atoms with Crippen LogP contribution in [0.15, 0.2) is 70.9 Å². The Morgan fingerprint density at radius 3 is 2.42 bits per heavy atom. The average Bonchev–Trinajstić information content (AvgIpc) is 3.23. The van der Waals surface area contributed by atoms with Gasteiger partial charge in [0.15, 0.2) is 0 Å². The molecule has 31 heavy (non-hydrogen) atoms. The highest BCUT2D eigenvalue weighted by molar-refractivity contribution is 7.92. The molecular formula is C23H26N2O4S2. The predicted molar refractivity (Wildman–Crippen MR) is 126 cm³/mol. The van der Waals surface area contributed by atoms with Crippen LogP contribution >= 0.6 is 11.3 Å². The molecule has 6 nitrogen and oxygen atoms in total. The van der Waals surface area contributed by atoms with Crippen molar-refractivity contribution in [3.63, 3.8) is 0 Å². The fraction of sp³-hybridized carbons (Fsp3) is 0.261. The smallest absolute Gasteiger partial charge is 0.267 e. The lowest BCUT2D eigenvalue weighted by Gasteiger charge is -2.10. The van der Waals surface area contributed by atoms with Crippen molar-refractivity contribution in [2.75, 3.05) is 16.6 Å². The van der Waals surface area contributed by atoms with E-state index in [1.807, 2.05) is 12.1 Å². The number of carbonyl (C=O) groups is 1. The second-order valence-corrected chi connectivity index (χ2v) is 9.57. The number of sulfonamides is 1. The summed E-state index contributed by atoms with van der Waals surface area (Å²) in [6.07, 6.45) is 4.57. The Balaban J connectivity index is 1.60. The van der Waals surface area contributed by atoms with Crippen LogP contribution in [0, 0.1) is 0 Å². The number of unbranched alkanes of at least 4 members (excludes halogenated alkanes) is 3. The summed E-state index contributed by atoms with van der Waals surface area (Å²) in [5, 5.41) is 4.48. The minimum Gasteiger partial charge on any atom is -0.494 e. The number of rotatable bonds is 11. The molecule has 0 bridgehead atoms. The van der Waals surface area contributed by atoms with Crippen LogP contribution in [-0.2, 0) is 10.0 Å². The molecule has 0 radical (unpaired) electrons. The second-order valence-electron chi connectivity index (χ2n) is 6.97. The molecule has 3 aromatic rings. The van der Waals surface area contributed by atoms with Crippen molar-refractivity contribution in [2.45, 2.75) is 37.5 Å². The highest BCUT2D eigenvalue weighted by atomic mass is 32.2. The van der Waals surface area contributed by atoms with Gasteiger partial charge in [-0.3, -0.25) is 9.52 Å². The van der Waals surface area contributed by atoms with E-state index in [1.165, 1.54) is 36.3 Å². The quantitative estimate of drug-likeness (QED) is 0.358. The van der Waals surface area contributed by atoms with Gasteiger partial charge in [0.25, 0.3) is 15.9 Å². The summed E-state index contributed by atoms with van der Waals surface area (Å²) < 4.78 is 33.3. The molecule has 0 atom stereocenters. The molecule has 0 unspecified atom stereocenters. The maximum atomic E-state index is 12.7. The van der Waals surface area contributed by atoms with E-state index in [0.717, 1.165) is 18.6 Å². The van der Waals surface area contributed by atoms with E-state index in [2.05, 4.69) is 17.0 Å². The molecule has 0 fully saturated rings. The van der Waals surface area contributed by atoms with Gasteiger partial charge in [0.2, 0.25) is 0 Å². The van der Waals surface area contributed by atoms with Gasteiger partial charge in [-0.15, -0.1) is 11.3 Å². The summed E-state index contributed by atoms with van der Waals surface area (Å²) in [5.41, 5.74) is 0.854. The third-order valence-corrected chi connectivity index (χ3v) is 6.84. The first-order valence-corrected chi connectivity index (χ1v) is 12.6. The molecule has 1 amide bonds. The number of hydrogen-bond acceptors (Lipinski definition) is 5. The van der Waals surface area contributed by atoms with Crippen molar-refractivity contribution in [1.29, 1.82) is 0 Å². The minimum absolute atomic E-state index is 0.137. The standard InChI is InChI=1S/C23H26N2O4S2/c1-2-3-4-8-16-29-19-13-11-18(12-14-19)24-23(26)22-21(15-17-30-22)25-31(27,28)20-9-6-5-7-10-20/h5-7,9-15,17,25H,2-4,8,16H2,1H3,(H,24,26).